The van der Waals surface area contributed by atoms with Gasteiger partial charge in [0, 0.05) is 20.2 Å². The number of carbonyl (C=O) groups is 1. The number of para-hydroxylation sites is 1. The quantitative estimate of drug-likeness (QED) is 0.671. The van der Waals surface area contributed by atoms with Crippen molar-refractivity contribution in [3.05, 3.63) is 35.4 Å². The monoisotopic (exact) mass is 276 g/mol. The summed E-state index contributed by atoms with van der Waals surface area (Å²) in [5.41, 5.74) is 8.09. The maximum absolute atomic E-state index is 12.5. The van der Waals surface area contributed by atoms with Crippen LogP contribution in [-0.2, 0) is 4.74 Å². The molecule has 2 N–H and O–H groups in total. The molecule has 0 unspecified atom stereocenters. The molecule has 0 fully saturated rings. The Morgan fingerprint density at radius 3 is 2.80 bits per heavy atom. The van der Waals surface area contributed by atoms with E-state index in [9.17, 15) is 4.79 Å². The number of amides is 1. The molecular formula is C15H20N2O3. The van der Waals surface area contributed by atoms with E-state index in [1.54, 1.807) is 37.3 Å². The molecule has 20 heavy (non-hydrogen) atoms. The number of nitrogens with two attached hydrogens (primary N) is 1. The Bertz CT molecular complexity index is 526. The number of anilines is 1. The Kier molecular flexibility index (Phi) is 4.63. The number of nitrogens with zero attached hydrogens (tertiary/aromatic N) is 1. The summed E-state index contributed by atoms with van der Waals surface area (Å²) in [6.07, 6.45) is 2.88. The molecule has 5 nitrogen and oxygen atoms in total. The highest BCUT2D eigenvalue weighted by Crippen LogP contribution is 2.26. The molecule has 0 aromatic heterocycles. The van der Waals surface area contributed by atoms with Crippen LogP contribution < -0.4 is 10.5 Å². The summed E-state index contributed by atoms with van der Waals surface area (Å²) >= 11 is 0. The fourth-order valence-corrected chi connectivity index (χ4v) is 2.29. The lowest BCUT2D eigenvalue weighted by molar-refractivity contribution is 0.0765. The molecule has 1 amide bonds. The molecule has 108 valence electrons. The van der Waals surface area contributed by atoms with Gasteiger partial charge < -0.3 is 20.1 Å². The van der Waals surface area contributed by atoms with Crippen molar-refractivity contribution < 1.29 is 14.3 Å². The first-order valence-electron chi connectivity index (χ1n) is 6.56. The predicted molar refractivity (Wildman–Crippen MR) is 77.9 cm³/mol. The van der Waals surface area contributed by atoms with E-state index in [4.69, 9.17) is 15.2 Å². The van der Waals surface area contributed by atoms with E-state index < -0.39 is 0 Å². The summed E-state index contributed by atoms with van der Waals surface area (Å²) in [7, 11) is 3.22. The average Bonchev–Trinajstić information content (AvgIpc) is 2.48. The van der Waals surface area contributed by atoms with Crippen molar-refractivity contribution in [1.29, 1.82) is 0 Å². The van der Waals surface area contributed by atoms with Gasteiger partial charge in [0.1, 0.15) is 5.75 Å². The molecule has 0 saturated carbocycles. The van der Waals surface area contributed by atoms with E-state index in [1.807, 2.05) is 6.08 Å². The van der Waals surface area contributed by atoms with Gasteiger partial charge in [-0.25, -0.2) is 0 Å². The Labute approximate surface area is 119 Å². The van der Waals surface area contributed by atoms with Gasteiger partial charge in [0.05, 0.1) is 25.0 Å². The Morgan fingerprint density at radius 2 is 2.20 bits per heavy atom. The summed E-state index contributed by atoms with van der Waals surface area (Å²) in [6.45, 7) is 1.90. The van der Waals surface area contributed by atoms with Crippen LogP contribution in [0.15, 0.2) is 29.8 Å². The Balaban J connectivity index is 2.13. The van der Waals surface area contributed by atoms with E-state index in [1.165, 1.54) is 5.57 Å². The Morgan fingerprint density at radius 1 is 1.40 bits per heavy atom. The third-order valence-corrected chi connectivity index (χ3v) is 3.44. The number of ether oxygens (including phenoxy) is 2. The van der Waals surface area contributed by atoms with Crippen molar-refractivity contribution in [3.8, 4) is 5.75 Å². The summed E-state index contributed by atoms with van der Waals surface area (Å²) in [6, 6.07) is 5.26. The van der Waals surface area contributed by atoms with Gasteiger partial charge in [-0.2, -0.15) is 0 Å². The highest BCUT2D eigenvalue weighted by atomic mass is 16.5. The molecule has 0 aliphatic carbocycles. The molecule has 0 saturated heterocycles. The van der Waals surface area contributed by atoms with Crippen LogP contribution in [0.3, 0.4) is 0 Å². The van der Waals surface area contributed by atoms with Crippen LogP contribution in [0, 0.1) is 0 Å². The van der Waals surface area contributed by atoms with Crippen LogP contribution >= 0.6 is 0 Å². The van der Waals surface area contributed by atoms with Crippen molar-refractivity contribution in [1.82, 2.24) is 4.90 Å². The van der Waals surface area contributed by atoms with Gasteiger partial charge >= 0.3 is 0 Å². The SMILES string of the molecule is COCC1=CCN(C(=O)c2cccc(OC)c2N)CC1. The molecule has 2 rings (SSSR count). The summed E-state index contributed by atoms with van der Waals surface area (Å²) in [5.74, 6) is 0.470. The largest absolute Gasteiger partial charge is 0.495 e. The molecule has 1 aliphatic rings. The van der Waals surface area contributed by atoms with E-state index in [0.29, 0.717) is 36.7 Å². The van der Waals surface area contributed by atoms with Gasteiger partial charge in [0.25, 0.3) is 5.91 Å². The number of nitrogen functional groups attached to an aromatic ring is 1. The average molecular weight is 276 g/mol. The Hall–Kier alpha value is -2.01. The fraction of sp³-hybridized carbons (Fsp3) is 0.400. The number of hydrogen-bond donors (Lipinski definition) is 1. The first-order valence-corrected chi connectivity index (χ1v) is 6.56. The molecule has 0 bridgehead atoms. The third kappa shape index (κ3) is 2.93. The second-order valence-corrected chi connectivity index (χ2v) is 4.72. The van der Waals surface area contributed by atoms with Gasteiger partial charge in [-0.3, -0.25) is 4.79 Å². The topological polar surface area (TPSA) is 64.8 Å². The van der Waals surface area contributed by atoms with Crippen molar-refractivity contribution in [2.24, 2.45) is 0 Å². The maximum Gasteiger partial charge on any atom is 0.256 e. The minimum absolute atomic E-state index is 0.0610. The van der Waals surface area contributed by atoms with Crippen LogP contribution in [-0.4, -0.2) is 44.7 Å². The molecular weight excluding hydrogens is 256 g/mol. The van der Waals surface area contributed by atoms with Crippen LogP contribution in [0.2, 0.25) is 0 Å². The van der Waals surface area contributed by atoms with Gasteiger partial charge in [0.15, 0.2) is 0 Å². The zero-order valence-electron chi connectivity index (χ0n) is 11.9. The van der Waals surface area contributed by atoms with Crippen LogP contribution in [0.4, 0.5) is 5.69 Å². The van der Waals surface area contributed by atoms with Gasteiger partial charge in [0.2, 0.25) is 0 Å². The lowest BCUT2D eigenvalue weighted by Gasteiger charge is -2.27. The van der Waals surface area contributed by atoms with Gasteiger partial charge in [-0.15, -0.1) is 0 Å². The van der Waals surface area contributed by atoms with Crippen molar-refractivity contribution >= 4 is 11.6 Å². The fourth-order valence-electron chi connectivity index (χ4n) is 2.29. The second kappa shape index (κ2) is 6.43. The van der Waals surface area contributed by atoms with Crippen molar-refractivity contribution in [2.75, 3.05) is 39.6 Å². The zero-order valence-corrected chi connectivity index (χ0v) is 11.9. The van der Waals surface area contributed by atoms with E-state index in [0.717, 1.165) is 6.42 Å². The molecule has 0 spiro atoms. The molecule has 1 aromatic carbocycles. The van der Waals surface area contributed by atoms with E-state index in [2.05, 4.69) is 0 Å². The molecule has 1 aromatic rings. The molecule has 1 heterocycles. The summed E-state index contributed by atoms with van der Waals surface area (Å²) in [4.78, 5) is 14.3. The number of hydrogen-bond acceptors (Lipinski definition) is 4. The smallest absolute Gasteiger partial charge is 0.256 e. The van der Waals surface area contributed by atoms with E-state index >= 15 is 0 Å². The third-order valence-electron chi connectivity index (χ3n) is 3.44. The number of methoxy groups -OCH3 is 2. The van der Waals surface area contributed by atoms with Crippen molar-refractivity contribution in [3.63, 3.8) is 0 Å². The highest BCUT2D eigenvalue weighted by Gasteiger charge is 2.21. The minimum atomic E-state index is -0.0610. The predicted octanol–water partition coefficient (Wildman–Crippen LogP) is 1.70. The normalized spacial score (nSPS) is 14.9. The highest BCUT2D eigenvalue weighted by molar-refractivity contribution is 6.00. The van der Waals surface area contributed by atoms with Gasteiger partial charge in [-0.05, 0) is 24.1 Å². The number of rotatable bonds is 4. The minimum Gasteiger partial charge on any atom is -0.495 e. The maximum atomic E-state index is 12.5. The molecule has 1 aliphatic heterocycles. The molecule has 5 heteroatoms. The zero-order chi connectivity index (χ0) is 14.5. The lowest BCUT2D eigenvalue weighted by atomic mass is 10.1. The number of carbonyl (C=O) groups excluding carboxylic acids is 1. The first-order chi connectivity index (χ1) is 9.67. The van der Waals surface area contributed by atoms with Crippen molar-refractivity contribution in [2.45, 2.75) is 6.42 Å². The first kappa shape index (κ1) is 14.4. The summed E-state index contributed by atoms with van der Waals surface area (Å²) < 4.78 is 10.3. The van der Waals surface area contributed by atoms with Crippen LogP contribution in [0.1, 0.15) is 16.8 Å². The summed E-state index contributed by atoms with van der Waals surface area (Å²) in [5, 5.41) is 0. The number of benzene rings is 1. The second-order valence-electron chi connectivity index (χ2n) is 4.72. The van der Waals surface area contributed by atoms with Crippen LogP contribution in [0.25, 0.3) is 0 Å². The molecule has 0 radical (unpaired) electrons. The van der Waals surface area contributed by atoms with Gasteiger partial charge in [-0.1, -0.05) is 12.1 Å². The van der Waals surface area contributed by atoms with E-state index in [-0.39, 0.29) is 5.91 Å². The van der Waals surface area contributed by atoms with Crippen LogP contribution in [0.5, 0.6) is 5.75 Å². The standard InChI is InChI=1S/C15H20N2O3/c1-19-10-11-6-8-17(9-7-11)15(18)12-4-3-5-13(20-2)14(12)16/h3-6H,7-10,16H2,1-2H3. The lowest BCUT2D eigenvalue weighted by Crippen LogP contribution is -2.35. The molecule has 0 atom stereocenters.